The Morgan fingerprint density at radius 1 is 1.33 bits per heavy atom. The highest BCUT2D eigenvalue weighted by Crippen LogP contribution is 2.29. The van der Waals surface area contributed by atoms with Crippen molar-refractivity contribution < 1.29 is 9.53 Å². The van der Waals surface area contributed by atoms with Gasteiger partial charge in [-0.1, -0.05) is 12.1 Å². The normalized spacial score (nSPS) is 14.0. The highest BCUT2D eigenvalue weighted by Gasteiger charge is 2.23. The second kappa shape index (κ2) is 6.32. The fourth-order valence-corrected chi connectivity index (χ4v) is 3.76. The van der Waals surface area contributed by atoms with Crippen LogP contribution in [-0.2, 0) is 6.54 Å². The first-order chi connectivity index (χ1) is 11.7. The smallest absolute Gasteiger partial charge is 0.267 e. The Morgan fingerprint density at radius 3 is 3.00 bits per heavy atom. The van der Waals surface area contributed by atoms with E-state index in [-0.39, 0.29) is 5.91 Å². The monoisotopic (exact) mass is 340 g/mol. The molecule has 0 atom stereocenters. The van der Waals surface area contributed by atoms with Crippen LogP contribution in [0.15, 0.2) is 41.8 Å². The summed E-state index contributed by atoms with van der Waals surface area (Å²) in [6.07, 6.45) is 2.47. The Kier molecular flexibility index (Phi) is 4.02. The minimum Gasteiger partial charge on any atom is -0.497 e. The Bertz CT molecular complexity index is 877. The lowest BCUT2D eigenvalue weighted by molar-refractivity contribution is 0.0943. The van der Waals surface area contributed by atoms with Crippen LogP contribution < -0.4 is 10.1 Å². The number of amides is 1. The number of methoxy groups -OCH3 is 1. The van der Waals surface area contributed by atoms with Gasteiger partial charge in [0.25, 0.3) is 5.91 Å². The SMILES string of the molecule is COc1cccc(Cn2c(C(=O)NCC3CC3)cc3sccc32)c1. The van der Waals surface area contributed by atoms with Crippen LogP contribution in [0.3, 0.4) is 0 Å². The van der Waals surface area contributed by atoms with Crippen molar-refractivity contribution in [1.82, 2.24) is 9.88 Å². The second-order valence-corrected chi connectivity index (χ2v) is 7.24. The summed E-state index contributed by atoms with van der Waals surface area (Å²) < 4.78 is 8.56. The number of benzene rings is 1. The molecule has 124 valence electrons. The molecule has 2 heterocycles. The number of rotatable bonds is 6. The highest BCUT2D eigenvalue weighted by molar-refractivity contribution is 7.17. The van der Waals surface area contributed by atoms with Gasteiger partial charge in [-0.05, 0) is 54.0 Å². The van der Waals surface area contributed by atoms with Gasteiger partial charge in [0.05, 0.1) is 17.3 Å². The molecule has 2 aromatic heterocycles. The Balaban J connectivity index is 1.65. The summed E-state index contributed by atoms with van der Waals surface area (Å²) >= 11 is 1.67. The third-order valence-corrected chi connectivity index (χ3v) is 5.33. The first-order valence-electron chi connectivity index (χ1n) is 8.22. The lowest BCUT2D eigenvalue weighted by atomic mass is 10.2. The molecule has 0 saturated heterocycles. The minimum atomic E-state index is 0.0215. The molecule has 24 heavy (non-hydrogen) atoms. The minimum absolute atomic E-state index is 0.0215. The van der Waals surface area contributed by atoms with Gasteiger partial charge in [0.15, 0.2) is 0 Å². The number of carbonyl (C=O) groups is 1. The summed E-state index contributed by atoms with van der Waals surface area (Å²) in [5, 5.41) is 5.15. The number of thiophene rings is 1. The molecule has 4 rings (SSSR count). The summed E-state index contributed by atoms with van der Waals surface area (Å²) in [6.45, 7) is 1.44. The van der Waals surface area contributed by atoms with E-state index in [1.54, 1.807) is 18.4 Å². The number of ether oxygens (including phenoxy) is 1. The maximum absolute atomic E-state index is 12.6. The third-order valence-electron chi connectivity index (χ3n) is 4.48. The third kappa shape index (κ3) is 3.04. The molecule has 0 bridgehead atoms. The van der Waals surface area contributed by atoms with Crippen molar-refractivity contribution in [2.24, 2.45) is 5.92 Å². The molecule has 1 N–H and O–H groups in total. The Morgan fingerprint density at radius 2 is 2.21 bits per heavy atom. The molecule has 1 saturated carbocycles. The van der Waals surface area contributed by atoms with Crippen molar-refractivity contribution >= 4 is 27.5 Å². The lowest BCUT2D eigenvalue weighted by Gasteiger charge is -2.11. The van der Waals surface area contributed by atoms with Gasteiger partial charge >= 0.3 is 0 Å². The summed E-state index contributed by atoms with van der Waals surface area (Å²) in [6, 6.07) is 12.1. The maximum atomic E-state index is 12.6. The average molecular weight is 340 g/mol. The number of hydrogen-bond acceptors (Lipinski definition) is 3. The second-order valence-electron chi connectivity index (χ2n) is 6.29. The van der Waals surface area contributed by atoms with Crippen molar-refractivity contribution in [3.63, 3.8) is 0 Å². The number of fused-ring (bicyclic) bond motifs is 1. The molecule has 3 aromatic rings. The van der Waals surface area contributed by atoms with Gasteiger partial charge in [0.1, 0.15) is 11.4 Å². The summed E-state index contributed by atoms with van der Waals surface area (Å²) in [5.41, 5.74) is 2.97. The fraction of sp³-hybridized carbons (Fsp3) is 0.316. The first kappa shape index (κ1) is 15.3. The maximum Gasteiger partial charge on any atom is 0.267 e. The van der Waals surface area contributed by atoms with Crippen LogP contribution in [-0.4, -0.2) is 24.1 Å². The number of nitrogens with zero attached hydrogens (tertiary/aromatic N) is 1. The van der Waals surface area contributed by atoms with Crippen LogP contribution in [0.1, 0.15) is 28.9 Å². The van der Waals surface area contributed by atoms with E-state index in [0.29, 0.717) is 12.5 Å². The largest absolute Gasteiger partial charge is 0.497 e. The van der Waals surface area contributed by atoms with E-state index in [1.165, 1.54) is 12.8 Å². The Hall–Kier alpha value is -2.27. The fourth-order valence-electron chi connectivity index (χ4n) is 2.94. The molecular weight excluding hydrogens is 320 g/mol. The number of nitrogens with one attached hydrogen (secondary N) is 1. The van der Waals surface area contributed by atoms with Crippen molar-refractivity contribution in [2.75, 3.05) is 13.7 Å². The van der Waals surface area contributed by atoms with Gasteiger partial charge in [-0.3, -0.25) is 4.79 Å². The number of carbonyl (C=O) groups excluding carboxylic acids is 1. The van der Waals surface area contributed by atoms with Gasteiger partial charge in [0.2, 0.25) is 0 Å². The number of aromatic nitrogens is 1. The quantitative estimate of drug-likeness (QED) is 0.739. The zero-order chi connectivity index (χ0) is 16.5. The highest BCUT2D eigenvalue weighted by atomic mass is 32.1. The van der Waals surface area contributed by atoms with Crippen LogP contribution in [0.4, 0.5) is 0 Å². The van der Waals surface area contributed by atoms with E-state index in [4.69, 9.17) is 4.74 Å². The zero-order valence-corrected chi connectivity index (χ0v) is 14.4. The van der Waals surface area contributed by atoms with Crippen LogP contribution in [0.5, 0.6) is 5.75 Å². The van der Waals surface area contributed by atoms with Gasteiger partial charge in [0, 0.05) is 13.1 Å². The van der Waals surface area contributed by atoms with E-state index in [9.17, 15) is 4.79 Å². The Labute approximate surface area is 145 Å². The number of hydrogen-bond donors (Lipinski definition) is 1. The lowest BCUT2D eigenvalue weighted by Crippen LogP contribution is -2.27. The van der Waals surface area contributed by atoms with E-state index in [0.717, 1.165) is 33.8 Å². The van der Waals surface area contributed by atoms with E-state index in [1.807, 2.05) is 24.3 Å². The molecule has 1 amide bonds. The zero-order valence-electron chi connectivity index (χ0n) is 13.6. The van der Waals surface area contributed by atoms with Gasteiger partial charge in [-0.15, -0.1) is 11.3 Å². The van der Waals surface area contributed by atoms with Gasteiger partial charge in [-0.2, -0.15) is 0 Å². The molecule has 1 aliphatic carbocycles. The molecule has 0 radical (unpaired) electrons. The summed E-state index contributed by atoms with van der Waals surface area (Å²) in [4.78, 5) is 12.6. The predicted octanol–water partition coefficient (Wildman–Crippen LogP) is 3.90. The van der Waals surface area contributed by atoms with Crippen LogP contribution in [0.2, 0.25) is 0 Å². The van der Waals surface area contributed by atoms with Crippen LogP contribution in [0.25, 0.3) is 10.2 Å². The summed E-state index contributed by atoms with van der Waals surface area (Å²) in [7, 11) is 1.67. The average Bonchev–Trinajstić information content (AvgIpc) is 3.21. The predicted molar refractivity (Wildman–Crippen MR) is 97.0 cm³/mol. The van der Waals surface area contributed by atoms with Crippen molar-refractivity contribution in [2.45, 2.75) is 19.4 Å². The molecule has 0 aliphatic heterocycles. The van der Waals surface area contributed by atoms with Crippen LogP contribution >= 0.6 is 11.3 Å². The van der Waals surface area contributed by atoms with E-state index in [2.05, 4.69) is 27.4 Å². The van der Waals surface area contributed by atoms with E-state index >= 15 is 0 Å². The molecule has 1 fully saturated rings. The van der Waals surface area contributed by atoms with Crippen molar-refractivity contribution in [3.8, 4) is 5.75 Å². The molecule has 0 unspecified atom stereocenters. The van der Waals surface area contributed by atoms with Crippen LogP contribution in [0, 0.1) is 5.92 Å². The van der Waals surface area contributed by atoms with Gasteiger partial charge in [-0.25, -0.2) is 0 Å². The molecular formula is C19H20N2O2S. The van der Waals surface area contributed by atoms with Crippen molar-refractivity contribution in [1.29, 1.82) is 0 Å². The molecule has 0 spiro atoms. The van der Waals surface area contributed by atoms with E-state index < -0.39 is 0 Å². The standard InChI is InChI=1S/C19H20N2O2S/c1-23-15-4-2-3-14(9-15)12-21-16-7-8-24-18(16)10-17(21)19(22)20-11-13-5-6-13/h2-4,7-10,13H,5-6,11-12H2,1H3,(H,20,22). The van der Waals surface area contributed by atoms with Crippen molar-refractivity contribution in [3.05, 3.63) is 53.0 Å². The van der Waals surface area contributed by atoms with Gasteiger partial charge < -0.3 is 14.6 Å². The first-order valence-corrected chi connectivity index (χ1v) is 9.10. The molecule has 4 nitrogen and oxygen atoms in total. The molecule has 1 aromatic carbocycles. The molecule has 5 heteroatoms. The topological polar surface area (TPSA) is 43.3 Å². The molecule has 1 aliphatic rings. The summed E-state index contributed by atoms with van der Waals surface area (Å²) in [5.74, 6) is 1.53.